The van der Waals surface area contributed by atoms with Gasteiger partial charge in [-0.1, -0.05) is 6.07 Å². The van der Waals surface area contributed by atoms with Gasteiger partial charge >= 0.3 is 0 Å². The van der Waals surface area contributed by atoms with E-state index in [1.807, 2.05) is 6.07 Å². The van der Waals surface area contributed by atoms with Gasteiger partial charge in [-0.05, 0) is 30.8 Å². The second kappa shape index (κ2) is 4.71. The molecule has 1 aromatic heterocycles. The average molecular weight is 209 g/mol. The topological polar surface area (TPSA) is 29.1 Å². The van der Waals surface area contributed by atoms with Crippen LogP contribution in [0.1, 0.15) is 17.7 Å². The molecule has 1 unspecified atom stereocenters. The van der Waals surface area contributed by atoms with Gasteiger partial charge in [-0.25, -0.2) is 0 Å². The van der Waals surface area contributed by atoms with Crippen LogP contribution < -0.4 is 5.32 Å². The summed E-state index contributed by atoms with van der Waals surface area (Å²) >= 11 is 1.74. The van der Waals surface area contributed by atoms with Gasteiger partial charge in [0.15, 0.2) is 0 Å². The molecule has 0 saturated carbocycles. The fourth-order valence-corrected chi connectivity index (χ4v) is 2.54. The van der Waals surface area contributed by atoms with Crippen LogP contribution in [0, 0.1) is 5.92 Å². The molecule has 2 nitrogen and oxygen atoms in total. The number of carbonyl (C=O) groups excluding carboxylic acids is 1. The Bertz CT molecular complexity index is 288. The van der Waals surface area contributed by atoms with Gasteiger partial charge in [0.05, 0.1) is 0 Å². The number of aryl methyl sites for hydroxylation is 1. The summed E-state index contributed by atoms with van der Waals surface area (Å²) in [6, 6.07) is 4.15. The number of rotatable bonds is 4. The molecule has 0 spiro atoms. The van der Waals surface area contributed by atoms with Gasteiger partial charge in [0.25, 0.3) is 0 Å². The molecule has 1 aliphatic rings. The number of hydrogen-bond acceptors (Lipinski definition) is 3. The first kappa shape index (κ1) is 9.87. The van der Waals surface area contributed by atoms with E-state index >= 15 is 0 Å². The molecule has 1 saturated heterocycles. The van der Waals surface area contributed by atoms with Crippen molar-refractivity contribution in [2.75, 3.05) is 13.1 Å². The molecule has 1 fully saturated rings. The van der Waals surface area contributed by atoms with Gasteiger partial charge in [0.1, 0.15) is 5.78 Å². The van der Waals surface area contributed by atoms with Crippen molar-refractivity contribution in [3.8, 4) is 0 Å². The summed E-state index contributed by atoms with van der Waals surface area (Å²) in [6.07, 6.45) is 2.67. The molecule has 3 heteroatoms. The minimum absolute atomic E-state index is 0.287. The lowest BCUT2D eigenvalue weighted by Gasteiger charge is -2.05. The third-order valence-corrected chi connectivity index (χ3v) is 3.65. The normalized spacial score (nSPS) is 21.3. The fraction of sp³-hybridized carbons (Fsp3) is 0.545. The predicted octanol–water partition coefficient (Wildman–Crippen LogP) is 1.86. The lowest BCUT2D eigenvalue weighted by atomic mass is 9.99. The Morgan fingerprint density at radius 1 is 1.64 bits per heavy atom. The van der Waals surface area contributed by atoms with Gasteiger partial charge in [0.2, 0.25) is 0 Å². The van der Waals surface area contributed by atoms with Crippen molar-refractivity contribution in [2.45, 2.75) is 19.3 Å². The highest BCUT2D eigenvalue weighted by atomic mass is 32.1. The molecular weight excluding hydrogens is 194 g/mol. The standard InChI is InChI=1S/C11H15NOS/c13-11(9-5-6-12-8-9)4-3-10-2-1-7-14-10/h1-2,7,9,12H,3-6,8H2. The van der Waals surface area contributed by atoms with E-state index in [1.54, 1.807) is 11.3 Å². The van der Waals surface area contributed by atoms with E-state index in [1.165, 1.54) is 4.88 Å². The van der Waals surface area contributed by atoms with E-state index in [4.69, 9.17) is 0 Å². The quantitative estimate of drug-likeness (QED) is 0.820. The van der Waals surface area contributed by atoms with Crippen molar-refractivity contribution in [3.05, 3.63) is 22.4 Å². The molecule has 1 aromatic rings. The van der Waals surface area contributed by atoms with Crippen molar-refractivity contribution in [3.63, 3.8) is 0 Å². The first-order chi connectivity index (χ1) is 6.86. The van der Waals surface area contributed by atoms with E-state index in [2.05, 4.69) is 16.8 Å². The zero-order chi connectivity index (χ0) is 9.80. The zero-order valence-corrected chi connectivity index (χ0v) is 8.98. The van der Waals surface area contributed by atoms with Gasteiger partial charge in [-0.2, -0.15) is 0 Å². The average Bonchev–Trinajstić information content (AvgIpc) is 2.87. The third-order valence-electron chi connectivity index (χ3n) is 2.71. The van der Waals surface area contributed by atoms with E-state index in [0.29, 0.717) is 12.2 Å². The minimum atomic E-state index is 0.287. The number of Topliss-reactive ketones (excluding diaryl/α,β-unsaturated/α-hetero) is 1. The monoisotopic (exact) mass is 209 g/mol. The molecule has 1 aliphatic heterocycles. The van der Waals surface area contributed by atoms with Crippen LogP contribution in [0.5, 0.6) is 0 Å². The van der Waals surface area contributed by atoms with Crippen LogP contribution >= 0.6 is 11.3 Å². The summed E-state index contributed by atoms with van der Waals surface area (Å²) < 4.78 is 0. The Balaban J connectivity index is 1.77. The maximum atomic E-state index is 11.7. The highest BCUT2D eigenvalue weighted by molar-refractivity contribution is 7.09. The Hall–Kier alpha value is -0.670. The van der Waals surface area contributed by atoms with Gasteiger partial charge in [0, 0.05) is 23.8 Å². The lowest BCUT2D eigenvalue weighted by molar-refractivity contribution is -0.122. The van der Waals surface area contributed by atoms with Gasteiger partial charge in [-0.3, -0.25) is 4.79 Å². The van der Waals surface area contributed by atoms with Crippen LogP contribution in [0.3, 0.4) is 0 Å². The Labute approximate surface area is 88.3 Å². The van der Waals surface area contributed by atoms with Crippen LogP contribution in [0.25, 0.3) is 0 Å². The van der Waals surface area contributed by atoms with E-state index in [9.17, 15) is 4.79 Å². The van der Waals surface area contributed by atoms with Gasteiger partial charge in [-0.15, -0.1) is 11.3 Å². The van der Waals surface area contributed by atoms with Crippen molar-refractivity contribution in [2.24, 2.45) is 5.92 Å². The Kier molecular flexibility index (Phi) is 3.32. The zero-order valence-electron chi connectivity index (χ0n) is 8.16. The molecule has 14 heavy (non-hydrogen) atoms. The van der Waals surface area contributed by atoms with Crippen molar-refractivity contribution in [1.29, 1.82) is 0 Å². The van der Waals surface area contributed by atoms with Crippen LogP contribution in [0.4, 0.5) is 0 Å². The summed E-state index contributed by atoms with van der Waals surface area (Å²) in [4.78, 5) is 13.0. The number of hydrogen-bond donors (Lipinski definition) is 1. The molecule has 0 bridgehead atoms. The molecule has 0 aromatic carbocycles. The molecule has 1 N–H and O–H groups in total. The van der Waals surface area contributed by atoms with Crippen LogP contribution in [-0.2, 0) is 11.2 Å². The summed E-state index contributed by atoms with van der Waals surface area (Å²) in [5.74, 6) is 0.721. The summed E-state index contributed by atoms with van der Waals surface area (Å²) in [5, 5.41) is 5.29. The summed E-state index contributed by atoms with van der Waals surface area (Å²) in [7, 11) is 0. The van der Waals surface area contributed by atoms with Crippen LogP contribution in [0.2, 0.25) is 0 Å². The lowest BCUT2D eigenvalue weighted by Crippen LogP contribution is -2.17. The Morgan fingerprint density at radius 2 is 2.57 bits per heavy atom. The highest BCUT2D eigenvalue weighted by Gasteiger charge is 2.21. The van der Waals surface area contributed by atoms with Crippen molar-refractivity contribution >= 4 is 17.1 Å². The first-order valence-corrected chi connectivity index (χ1v) is 6.00. The van der Waals surface area contributed by atoms with Crippen molar-refractivity contribution in [1.82, 2.24) is 5.32 Å². The van der Waals surface area contributed by atoms with E-state index < -0.39 is 0 Å². The smallest absolute Gasteiger partial charge is 0.137 e. The number of carbonyl (C=O) groups is 1. The molecule has 0 aliphatic carbocycles. The first-order valence-electron chi connectivity index (χ1n) is 5.12. The Morgan fingerprint density at radius 3 is 3.21 bits per heavy atom. The minimum Gasteiger partial charge on any atom is -0.316 e. The molecule has 0 radical (unpaired) electrons. The second-order valence-electron chi connectivity index (χ2n) is 3.74. The maximum absolute atomic E-state index is 11.7. The van der Waals surface area contributed by atoms with Crippen molar-refractivity contribution < 1.29 is 4.79 Å². The maximum Gasteiger partial charge on any atom is 0.137 e. The molecule has 0 amide bonds. The molecular formula is C11H15NOS. The molecule has 2 rings (SSSR count). The molecule has 2 heterocycles. The third kappa shape index (κ3) is 2.42. The van der Waals surface area contributed by atoms with Crippen LogP contribution in [-0.4, -0.2) is 18.9 Å². The summed E-state index contributed by atoms with van der Waals surface area (Å²) in [6.45, 7) is 1.90. The van der Waals surface area contributed by atoms with E-state index in [0.717, 1.165) is 25.9 Å². The number of ketones is 1. The molecule has 1 atom stereocenters. The fourth-order valence-electron chi connectivity index (χ4n) is 1.83. The highest BCUT2D eigenvalue weighted by Crippen LogP contribution is 2.15. The number of thiophene rings is 1. The SMILES string of the molecule is O=C(CCc1cccs1)C1CCNC1. The molecule has 76 valence electrons. The number of nitrogens with one attached hydrogen (secondary N) is 1. The second-order valence-corrected chi connectivity index (χ2v) is 4.77. The van der Waals surface area contributed by atoms with E-state index in [-0.39, 0.29) is 5.92 Å². The predicted molar refractivity (Wildman–Crippen MR) is 58.6 cm³/mol. The largest absolute Gasteiger partial charge is 0.316 e. The van der Waals surface area contributed by atoms with Gasteiger partial charge < -0.3 is 5.32 Å². The summed E-state index contributed by atoms with van der Waals surface area (Å²) in [5.41, 5.74) is 0. The van der Waals surface area contributed by atoms with Crippen LogP contribution in [0.15, 0.2) is 17.5 Å².